The predicted molar refractivity (Wildman–Crippen MR) is 84.3 cm³/mol. The van der Waals surface area contributed by atoms with E-state index in [0.717, 1.165) is 51.6 Å². The number of nitrogens with zero attached hydrogens (tertiary/aromatic N) is 2. The quantitative estimate of drug-likeness (QED) is 0.642. The first-order valence-electron chi connectivity index (χ1n) is 8.57. The molecular weight excluding hydrogens is 266 g/mol. The fourth-order valence-electron chi connectivity index (χ4n) is 2.86. The smallest absolute Gasteiger partial charge is 0.324 e. The number of ether oxygens (including phenoxy) is 1. The Hall–Kier alpha value is -0.650. The van der Waals surface area contributed by atoms with Crippen molar-refractivity contribution in [3.63, 3.8) is 0 Å². The average molecular weight is 297 g/mol. The lowest BCUT2D eigenvalue weighted by atomic mass is 10.2. The van der Waals surface area contributed by atoms with Gasteiger partial charge in [-0.1, -0.05) is 6.92 Å². The molecule has 5 nitrogen and oxygen atoms in total. The predicted octanol–water partition coefficient (Wildman–Crippen LogP) is 0.945. The van der Waals surface area contributed by atoms with Crippen LogP contribution in [0.25, 0.3) is 0 Å². The molecule has 1 heterocycles. The third-order valence-electron chi connectivity index (χ3n) is 4.33. The summed E-state index contributed by atoms with van der Waals surface area (Å²) in [6.45, 7) is 11.8. The van der Waals surface area contributed by atoms with Gasteiger partial charge >= 0.3 is 5.97 Å². The maximum Gasteiger partial charge on any atom is 0.324 e. The number of hydrogen-bond donors (Lipinski definition) is 1. The number of nitrogens with one attached hydrogen (secondary N) is 1. The van der Waals surface area contributed by atoms with E-state index in [2.05, 4.69) is 22.0 Å². The summed E-state index contributed by atoms with van der Waals surface area (Å²) in [5.41, 5.74) is 0. The van der Waals surface area contributed by atoms with Gasteiger partial charge < -0.3 is 15.0 Å². The van der Waals surface area contributed by atoms with Crippen LogP contribution < -0.4 is 5.32 Å². The van der Waals surface area contributed by atoms with Gasteiger partial charge in [0.2, 0.25) is 0 Å². The zero-order valence-electron chi connectivity index (χ0n) is 13.6. The molecule has 1 N–H and O–H groups in total. The molecule has 0 aromatic rings. The second-order valence-corrected chi connectivity index (χ2v) is 6.30. The molecule has 2 aliphatic rings. The Morgan fingerprint density at radius 1 is 1.19 bits per heavy atom. The standard InChI is InChI=1S/C16H31N3O2/c1-3-7-17-15(16(20)21-4-2)13-19-10-8-18(9-11-19)12-14-5-6-14/h14-15,17H,3-13H2,1-2H3. The zero-order valence-corrected chi connectivity index (χ0v) is 13.6. The minimum atomic E-state index is -0.181. The Balaban J connectivity index is 1.72. The van der Waals surface area contributed by atoms with E-state index in [1.807, 2.05) is 6.92 Å². The van der Waals surface area contributed by atoms with Crippen molar-refractivity contribution in [3.8, 4) is 0 Å². The number of carbonyl (C=O) groups is 1. The molecule has 1 aliphatic carbocycles. The number of esters is 1. The Morgan fingerprint density at radius 3 is 2.43 bits per heavy atom. The van der Waals surface area contributed by atoms with Crippen LogP contribution in [0.1, 0.15) is 33.1 Å². The Morgan fingerprint density at radius 2 is 1.86 bits per heavy atom. The second kappa shape index (κ2) is 8.71. The molecule has 1 saturated heterocycles. The van der Waals surface area contributed by atoms with Gasteiger partial charge in [-0.15, -0.1) is 0 Å². The molecular formula is C16H31N3O2. The molecule has 2 fully saturated rings. The van der Waals surface area contributed by atoms with Gasteiger partial charge in [0.1, 0.15) is 6.04 Å². The molecule has 21 heavy (non-hydrogen) atoms. The lowest BCUT2D eigenvalue weighted by Crippen LogP contribution is -2.53. The summed E-state index contributed by atoms with van der Waals surface area (Å²) < 4.78 is 5.19. The van der Waals surface area contributed by atoms with Crippen molar-refractivity contribution in [2.45, 2.75) is 39.2 Å². The molecule has 1 atom stereocenters. The third kappa shape index (κ3) is 5.93. The van der Waals surface area contributed by atoms with Crippen molar-refractivity contribution in [1.29, 1.82) is 0 Å². The van der Waals surface area contributed by atoms with E-state index < -0.39 is 0 Å². The molecule has 0 amide bonds. The van der Waals surface area contributed by atoms with Crippen LogP contribution in [-0.4, -0.2) is 74.2 Å². The molecule has 2 rings (SSSR count). The summed E-state index contributed by atoms with van der Waals surface area (Å²) in [5.74, 6) is 0.862. The van der Waals surface area contributed by atoms with Crippen LogP contribution in [0.5, 0.6) is 0 Å². The highest BCUT2D eigenvalue weighted by Gasteiger charge is 2.28. The van der Waals surface area contributed by atoms with Crippen LogP contribution in [0.2, 0.25) is 0 Å². The van der Waals surface area contributed by atoms with Crippen molar-refractivity contribution >= 4 is 5.97 Å². The van der Waals surface area contributed by atoms with E-state index in [1.165, 1.54) is 19.4 Å². The Labute approximate surface area is 129 Å². The van der Waals surface area contributed by atoms with E-state index in [0.29, 0.717) is 6.61 Å². The van der Waals surface area contributed by atoms with Gasteiger partial charge in [-0.3, -0.25) is 9.69 Å². The molecule has 0 aromatic carbocycles. The normalized spacial score (nSPS) is 22.2. The van der Waals surface area contributed by atoms with Crippen LogP contribution in [0, 0.1) is 5.92 Å². The fraction of sp³-hybridized carbons (Fsp3) is 0.938. The van der Waals surface area contributed by atoms with Gasteiger partial charge in [0, 0.05) is 39.3 Å². The number of rotatable bonds is 9. The first-order valence-corrected chi connectivity index (χ1v) is 8.57. The van der Waals surface area contributed by atoms with Crippen LogP contribution in [0.3, 0.4) is 0 Å². The van der Waals surface area contributed by atoms with Crippen LogP contribution >= 0.6 is 0 Å². The van der Waals surface area contributed by atoms with Crippen LogP contribution in [-0.2, 0) is 9.53 Å². The SMILES string of the molecule is CCCNC(CN1CCN(CC2CC2)CC1)C(=O)OCC. The maximum atomic E-state index is 12.0. The largest absolute Gasteiger partial charge is 0.465 e. The zero-order chi connectivity index (χ0) is 15.1. The van der Waals surface area contributed by atoms with E-state index in [1.54, 1.807) is 0 Å². The Kier molecular flexibility index (Phi) is 6.93. The summed E-state index contributed by atoms with van der Waals surface area (Å²) >= 11 is 0. The number of carbonyl (C=O) groups excluding carboxylic acids is 1. The molecule has 0 aromatic heterocycles. The van der Waals surface area contributed by atoms with E-state index in [9.17, 15) is 4.79 Å². The lowest BCUT2D eigenvalue weighted by molar-refractivity contribution is -0.146. The van der Waals surface area contributed by atoms with Crippen molar-refractivity contribution in [3.05, 3.63) is 0 Å². The van der Waals surface area contributed by atoms with Crippen LogP contribution in [0.15, 0.2) is 0 Å². The van der Waals surface area contributed by atoms with Crippen molar-refractivity contribution in [1.82, 2.24) is 15.1 Å². The van der Waals surface area contributed by atoms with Crippen molar-refractivity contribution in [2.75, 3.05) is 52.4 Å². The number of hydrogen-bond acceptors (Lipinski definition) is 5. The molecule has 0 spiro atoms. The summed E-state index contributed by atoms with van der Waals surface area (Å²) in [6.07, 6.45) is 3.88. The second-order valence-electron chi connectivity index (χ2n) is 6.30. The lowest BCUT2D eigenvalue weighted by Gasteiger charge is -2.36. The van der Waals surface area contributed by atoms with Gasteiger partial charge in [0.25, 0.3) is 0 Å². The van der Waals surface area contributed by atoms with E-state index in [-0.39, 0.29) is 12.0 Å². The minimum absolute atomic E-state index is 0.105. The van der Waals surface area contributed by atoms with Gasteiger partial charge in [0.05, 0.1) is 6.61 Å². The molecule has 122 valence electrons. The topological polar surface area (TPSA) is 44.8 Å². The van der Waals surface area contributed by atoms with Crippen molar-refractivity contribution < 1.29 is 9.53 Å². The van der Waals surface area contributed by atoms with Gasteiger partial charge in [-0.25, -0.2) is 0 Å². The Bertz CT molecular complexity index is 313. The summed E-state index contributed by atoms with van der Waals surface area (Å²) in [6, 6.07) is -0.181. The minimum Gasteiger partial charge on any atom is -0.465 e. The molecule has 0 radical (unpaired) electrons. The molecule has 0 bridgehead atoms. The van der Waals surface area contributed by atoms with E-state index in [4.69, 9.17) is 4.74 Å². The maximum absolute atomic E-state index is 12.0. The highest BCUT2D eigenvalue weighted by atomic mass is 16.5. The average Bonchev–Trinajstić information content (AvgIpc) is 3.29. The molecule has 1 aliphatic heterocycles. The van der Waals surface area contributed by atoms with Gasteiger partial charge in [0.15, 0.2) is 0 Å². The highest BCUT2D eigenvalue weighted by Crippen LogP contribution is 2.29. The van der Waals surface area contributed by atoms with Gasteiger partial charge in [-0.05, 0) is 38.6 Å². The fourth-order valence-corrected chi connectivity index (χ4v) is 2.86. The monoisotopic (exact) mass is 297 g/mol. The third-order valence-corrected chi connectivity index (χ3v) is 4.33. The molecule has 5 heteroatoms. The van der Waals surface area contributed by atoms with Crippen molar-refractivity contribution in [2.24, 2.45) is 5.92 Å². The highest BCUT2D eigenvalue weighted by molar-refractivity contribution is 5.76. The first kappa shape index (κ1) is 16.7. The summed E-state index contributed by atoms with van der Waals surface area (Å²) in [4.78, 5) is 17.0. The number of piperazine rings is 1. The summed E-state index contributed by atoms with van der Waals surface area (Å²) in [7, 11) is 0. The molecule has 1 unspecified atom stereocenters. The summed E-state index contributed by atoms with van der Waals surface area (Å²) in [5, 5.41) is 3.32. The van der Waals surface area contributed by atoms with Crippen LogP contribution in [0.4, 0.5) is 0 Å². The first-order chi connectivity index (χ1) is 10.2. The molecule has 1 saturated carbocycles. The van der Waals surface area contributed by atoms with E-state index >= 15 is 0 Å². The van der Waals surface area contributed by atoms with Gasteiger partial charge in [-0.2, -0.15) is 0 Å².